The summed E-state index contributed by atoms with van der Waals surface area (Å²) >= 11 is 3.50. The highest BCUT2D eigenvalue weighted by Crippen LogP contribution is 2.43. The van der Waals surface area contributed by atoms with Gasteiger partial charge in [0.05, 0.1) is 22.7 Å². The number of ether oxygens (including phenoxy) is 3. The molecular weight excluding hydrogens is 596 g/mol. The number of rotatable bonds is 12. The van der Waals surface area contributed by atoms with Crippen LogP contribution >= 0.6 is 15.9 Å². The van der Waals surface area contributed by atoms with E-state index >= 15 is 0 Å². The zero-order valence-corrected chi connectivity index (χ0v) is 24.7. The van der Waals surface area contributed by atoms with Crippen molar-refractivity contribution in [2.75, 3.05) is 13.2 Å². The Labute approximate surface area is 253 Å². The SMILES string of the molecule is Cc1c(-c2ccc(OCC=O)cc2)cccc1-c1cccc2c1CCC2Oc1nc(OCCCC#N)c(C=O)cc1Br. The number of unbranched alkanes of at least 4 members (excludes halogenated alkanes) is 1. The standard InChI is InChI=1S/C34H29BrN2O5/c1-22-26(23-10-12-25(13-11-23)40-19-17-38)6-4-7-27(22)28-8-5-9-30-29(28)14-15-32(30)42-34-31(35)20-24(21-39)33(37-34)41-18-3-2-16-36/h4-13,17,20-21,32H,2-3,14-15,18-19H2,1H3. The van der Waals surface area contributed by atoms with Crippen molar-refractivity contribution in [2.24, 2.45) is 0 Å². The van der Waals surface area contributed by atoms with E-state index in [1.807, 2.05) is 24.3 Å². The van der Waals surface area contributed by atoms with E-state index in [0.29, 0.717) is 40.8 Å². The van der Waals surface area contributed by atoms with Gasteiger partial charge < -0.3 is 14.2 Å². The van der Waals surface area contributed by atoms with E-state index < -0.39 is 0 Å². The number of nitriles is 1. The van der Waals surface area contributed by atoms with E-state index in [0.717, 1.165) is 41.4 Å². The fourth-order valence-corrected chi connectivity index (χ4v) is 5.73. The molecule has 1 aliphatic rings. The van der Waals surface area contributed by atoms with Crippen LogP contribution in [0.15, 0.2) is 71.2 Å². The largest absolute Gasteiger partial charge is 0.486 e. The zero-order valence-electron chi connectivity index (χ0n) is 23.1. The molecule has 212 valence electrons. The minimum absolute atomic E-state index is 0.0348. The number of pyridine rings is 1. The molecule has 8 heteroatoms. The third-order valence-corrected chi connectivity index (χ3v) is 7.88. The molecule has 0 bridgehead atoms. The molecule has 4 aromatic rings. The van der Waals surface area contributed by atoms with Gasteiger partial charge in [-0.3, -0.25) is 9.59 Å². The van der Waals surface area contributed by atoms with Gasteiger partial charge in [-0.1, -0.05) is 48.5 Å². The van der Waals surface area contributed by atoms with Gasteiger partial charge in [0.25, 0.3) is 0 Å². The highest BCUT2D eigenvalue weighted by molar-refractivity contribution is 9.10. The highest BCUT2D eigenvalue weighted by atomic mass is 79.9. The van der Waals surface area contributed by atoms with E-state index in [1.54, 1.807) is 6.07 Å². The summed E-state index contributed by atoms with van der Waals surface area (Å²) < 4.78 is 18.1. The van der Waals surface area contributed by atoms with Gasteiger partial charge >= 0.3 is 0 Å². The van der Waals surface area contributed by atoms with Crippen molar-refractivity contribution in [1.29, 1.82) is 5.26 Å². The fraction of sp³-hybridized carbons (Fsp3) is 0.235. The van der Waals surface area contributed by atoms with Crippen LogP contribution in [0.25, 0.3) is 22.3 Å². The van der Waals surface area contributed by atoms with Crippen molar-refractivity contribution >= 4 is 28.5 Å². The molecular formula is C34H29BrN2O5. The van der Waals surface area contributed by atoms with E-state index in [1.165, 1.54) is 16.7 Å². The maximum absolute atomic E-state index is 11.6. The fourth-order valence-electron chi connectivity index (χ4n) is 5.30. The van der Waals surface area contributed by atoms with Gasteiger partial charge in [0.2, 0.25) is 11.8 Å². The van der Waals surface area contributed by atoms with Crippen LogP contribution in [-0.2, 0) is 11.2 Å². The molecule has 0 aliphatic heterocycles. The summed E-state index contributed by atoms with van der Waals surface area (Å²) in [5, 5.41) is 8.77. The second kappa shape index (κ2) is 13.5. The minimum Gasteiger partial charge on any atom is -0.486 e. The first-order chi connectivity index (χ1) is 20.5. The second-order valence-corrected chi connectivity index (χ2v) is 10.8. The highest BCUT2D eigenvalue weighted by Gasteiger charge is 2.28. The van der Waals surface area contributed by atoms with Crippen molar-refractivity contribution in [1.82, 2.24) is 4.98 Å². The smallest absolute Gasteiger partial charge is 0.231 e. The molecule has 0 radical (unpaired) electrons. The molecule has 0 saturated heterocycles. The lowest BCUT2D eigenvalue weighted by molar-refractivity contribution is -0.109. The van der Waals surface area contributed by atoms with Crippen LogP contribution in [0.5, 0.6) is 17.5 Å². The third-order valence-electron chi connectivity index (χ3n) is 7.31. The van der Waals surface area contributed by atoms with Crippen molar-refractivity contribution < 1.29 is 23.8 Å². The number of halogens is 1. The molecule has 0 fully saturated rings. The third kappa shape index (κ3) is 6.22. The topological polar surface area (TPSA) is 98.5 Å². The lowest BCUT2D eigenvalue weighted by atomic mass is 9.89. The number of benzene rings is 3. The van der Waals surface area contributed by atoms with Crippen molar-refractivity contribution in [3.63, 3.8) is 0 Å². The summed E-state index contributed by atoms with van der Waals surface area (Å²) in [5.41, 5.74) is 8.38. The first-order valence-electron chi connectivity index (χ1n) is 13.7. The molecule has 1 aromatic heterocycles. The van der Waals surface area contributed by atoms with Gasteiger partial charge in [0.15, 0.2) is 12.6 Å². The van der Waals surface area contributed by atoms with Gasteiger partial charge in [-0.25, -0.2) is 0 Å². The Bertz CT molecular complexity index is 1650. The predicted octanol–water partition coefficient (Wildman–Crippen LogP) is 7.63. The summed E-state index contributed by atoms with van der Waals surface area (Å²) in [5.74, 6) is 1.22. The maximum Gasteiger partial charge on any atom is 0.231 e. The zero-order chi connectivity index (χ0) is 29.5. The molecule has 3 aromatic carbocycles. The molecule has 42 heavy (non-hydrogen) atoms. The van der Waals surface area contributed by atoms with Crippen molar-refractivity contribution in [3.8, 4) is 45.8 Å². The number of carbonyl (C=O) groups is 2. The summed E-state index contributed by atoms with van der Waals surface area (Å²) in [7, 11) is 0. The Hall–Kier alpha value is -4.48. The molecule has 5 rings (SSSR count). The Balaban J connectivity index is 1.41. The van der Waals surface area contributed by atoms with E-state index in [4.69, 9.17) is 19.5 Å². The first kappa shape index (κ1) is 29.0. The number of hydrogen-bond acceptors (Lipinski definition) is 7. The molecule has 0 N–H and O–H groups in total. The van der Waals surface area contributed by atoms with E-state index in [9.17, 15) is 9.59 Å². The lowest BCUT2D eigenvalue weighted by Crippen LogP contribution is -2.08. The number of carbonyl (C=O) groups excluding carboxylic acids is 2. The average molecular weight is 626 g/mol. The van der Waals surface area contributed by atoms with Crippen LogP contribution < -0.4 is 14.2 Å². The van der Waals surface area contributed by atoms with Crippen LogP contribution in [0, 0.1) is 18.3 Å². The molecule has 0 spiro atoms. The van der Waals surface area contributed by atoms with Crippen LogP contribution in [0.2, 0.25) is 0 Å². The van der Waals surface area contributed by atoms with Gasteiger partial charge in [-0.15, -0.1) is 0 Å². The van der Waals surface area contributed by atoms with Crippen LogP contribution in [0.4, 0.5) is 0 Å². The quantitative estimate of drug-likeness (QED) is 0.118. The Kier molecular flexibility index (Phi) is 9.30. The van der Waals surface area contributed by atoms with Gasteiger partial charge in [-0.2, -0.15) is 10.2 Å². The lowest BCUT2D eigenvalue weighted by Gasteiger charge is -2.18. The van der Waals surface area contributed by atoms with Gasteiger partial charge in [-0.05, 0) is 99.3 Å². The van der Waals surface area contributed by atoms with Gasteiger partial charge in [0.1, 0.15) is 18.5 Å². The molecule has 1 unspecified atom stereocenters. The Morgan fingerprint density at radius 3 is 2.52 bits per heavy atom. The summed E-state index contributed by atoms with van der Waals surface area (Å²) in [4.78, 5) is 26.7. The van der Waals surface area contributed by atoms with E-state index in [2.05, 4.69) is 70.3 Å². The molecule has 0 amide bonds. The van der Waals surface area contributed by atoms with Crippen molar-refractivity contribution in [3.05, 3.63) is 93.5 Å². The Morgan fingerprint density at radius 2 is 1.76 bits per heavy atom. The van der Waals surface area contributed by atoms with Gasteiger partial charge in [0, 0.05) is 6.42 Å². The normalized spacial score (nSPS) is 13.6. The molecule has 7 nitrogen and oxygen atoms in total. The predicted molar refractivity (Wildman–Crippen MR) is 163 cm³/mol. The van der Waals surface area contributed by atoms with Crippen LogP contribution in [0.3, 0.4) is 0 Å². The van der Waals surface area contributed by atoms with Crippen LogP contribution in [0.1, 0.15) is 52.4 Å². The number of nitrogens with zero attached hydrogens (tertiary/aromatic N) is 2. The van der Waals surface area contributed by atoms with Crippen LogP contribution in [-0.4, -0.2) is 30.8 Å². The molecule has 1 atom stereocenters. The minimum atomic E-state index is -0.209. The second-order valence-electron chi connectivity index (χ2n) is 9.90. The number of aldehydes is 2. The number of hydrogen-bond donors (Lipinski definition) is 0. The van der Waals surface area contributed by atoms with Crippen molar-refractivity contribution in [2.45, 2.75) is 38.7 Å². The Morgan fingerprint density at radius 1 is 1.00 bits per heavy atom. The molecule has 1 heterocycles. The summed E-state index contributed by atoms with van der Waals surface area (Å²) in [6.07, 6.45) is 3.77. The number of aromatic nitrogens is 1. The number of fused-ring (bicyclic) bond motifs is 1. The summed E-state index contributed by atoms with van der Waals surface area (Å²) in [6.45, 7) is 2.46. The monoisotopic (exact) mass is 624 g/mol. The maximum atomic E-state index is 11.6. The van der Waals surface area contributed by atoms with E-state index in [-0.39, 0.29) is 25.2 Å². The first-order valence-corrected chi connectivity index (χ1v) is 14.5. The summed E-state index contributed by atoms with van der Waals surface area (Å²) in [6, 6.07) is 24.2. The average Bonchev–Trinajstić information content (AvgIpc) is 3.43. The molecule has 0 saturated carbocycles. The molecule has 1 aliphatic carbocycles.